The Bertz CT molecular complexity index is 612. The van der Waals surface area contributed by atoms with Gasteiger partial charge in [0.1, 0.15) is 0 Å². The van der Waals surface area contributed by atoms with Crippen LogP contribution in [0.5, 0.6) is 0 Å². The van der Waals surface area contributed by atoms with Gasteiger partial charge in [0.25, 0.3) is 0 Å². The Balaban J connectivity index is 2.59. The first-order valence-corrected chi connectivity index (χ1v) is 6.81. The quantitative estimate of drug-likeness (QED) is 0.745. The monoisotopic (exact) mass is 319 g/mol. The molecule has 0 fully saturated rings. The van der Waals surface area contributed by atoms with Crippen LogP contribution in [0.3, 0.4) is 0 Å². The molecule has 0 N–H and O–H groups in total. The van der Waals surface area contributed by atoms with Crippen molar-refractivity contribution in [3.05, 3.63) is 57.0 Å². The molecule has 1 nitrogen and oxygen atoms in total. The van der Waals surface area contributed by atoms with Gasteiger partial charge in [0.2, 0.25) is 0 Å². The van der Waals surface area contributed by atoms with Crippen LogP contribution >= 0.6 is 27.5 Å². The molecule has 0 spiro atoms. The third-order valence-corrected chi connectivity index (χ3v) is 3.58. The van der Waals surface area contributed by atoms with Gasteiger partial charge in [-0.2, -0.15) is 5.26 Å². The lowest BCUT2D eigenvalue weighted by atomic mass is 9.97. The van der Waals surface area contributed by atoms with Gasteiger partial charge in [-0.25, -0.2) is 0 Å². The molecule has 0 bridgehead atoms. The minimum Gasteiger partial charge on any atom is -0.192 e. The number of nitrogens with zero attached hydrogens (tertiary/aromatic N) is 1. The lowest BCUT2D eigenvalue weighted by molar-refractivity contribution is 1.14. The first-order chi connectivity index (χ1) is 8.65. The molecule has 3 heteroatoms. The highest BCUT2D eigenvalue weighted by molar-refractivity contribution is 9.10. The number of aryl methyl sites for hydroxylation is 1. The van der Waals surface area contributed by atoms with E-state index in [4.69, 9.17) is 16.9 Å². The Kier molecular flexibility index (Phi) is 4.06. The summed E-state index contributed by atoms with van der Waals surface area (Å²) in [6.45, 7) is 2.10. The van der Waals surface area contributed by atoms with Gasteiger partial charge >= 0.3 is 0 Å². The first kappa shape index (κ1) is 13.1. The molecule has 0 aliphatic carbocycles. The first-order valence-electron chi connectivity index (χ1n) is 5.64. The van der Waals surface area contributed by atoms with Crippen molar-refractivity contribution in [2.75, 3.05) is 0 Å². The predicted molar refractivity (Wildman–Crippen MR) is 78.7 cm³/mol. The second-order valence-electron chi connectivity index (χ2n) is 3.96. The van der Waals surface area contributed by atoms with Gasteiger partial charge in [0.05, 0.1) is 11.6 Å². The maximum Gasteiger partial charge on any atom is 0.0991 e. The molecule has 0 aliphatic rings. The van der Waals surface area contributed by atoms with Gasteiger partial charge in [0.15, 0.2) is 0 Å². The number of benzene rings is 2. The zero-order chi connectivity index (χ0) is 13.1. The van der Waals surface area contributed by atoms with Gasteiger partial charge < -0.3 is 0 Å². The van der Waals surface area contributed by atoms with E-state index in [-0.39, 0.29) is 0 Å². The summed E-state index contributed by atoms with van der Waals surface area (Å²) in [4.78, 5) is 0. The molecule has 0 aliphatic heterocycles. The number of hydrogen-bond donors (Lipinski definition) is 0. The Morgan fingerprint density at radius 3 is 2.44 bits per heavy atom. The fourth-order valence-corrected chi connectivity index (χ4v) is 2.93. The average Bonchev–Trinajstić information content (AvgIpc) is 2.38. The van der Waals surface area contributed by atoms with Crippen molar-refractivity contribution in [2.24, 2.45) is 0 Å². The molecular formula is C15H11BrClN. The van der Waals surface area contributed by atoms with E-state index in [1.165, 1.54) is 5.56 Å². The third-order valence-electron chi connectivity index (χ3n) is 2.82. The second kappa shape index (κ2) is 5.56. The summed E-state index contributed by atoms with van der Waals surface area (Å²) < 4.78 is 0.988. The van der Waals surface area contributed by atoms with Crippen LogP contribution in [0.15, 0.2) is 40.9 Å². The van der Waals surface area contributed by atoms with Crippen molar-refractivity contribution >= 4 is 27.5 Å². The van der Waals surface area contributed by atoms with Gasteiger partial charge in [-0.1, -0.05) is 46.6 Å². The lowest BCUT2D eigenvalue weighted by Crippen LogP contribution is -1.90. The molecule has 0 aromatic heterocycles. The predicted octanol–water partition coefficient (Wildman–Crippen LogP) is 5.20. The lowest BCUT2D eigenvalue weighted by Gasteiger charge is -2.11. The number of hydrogen-bond acceptors (Lipinski definition) is 1. The zero-order valence-electron chi connectivity index (χ0n) is 9.87. The van der Waals surface area contributed by atoms with E-state index in [0.29, 0.717) is 5.56 Å². The topological polar surface area (TPSA) is 23.8 Å². The fraction of sp³-hybridized carbons (Fsp3) is 0.133. The van der Waals surface area contributed by atoms with Crippen molar-refractivity contribution in [2.45, 2.75) is 13.3 Å². The normalized spacial score (nSPS) is 10.1. The van der Waals surface area contributed by atoms with Crippen molar-refractivity contribution in [1.29, 1.82) is 5.26 Å². The summed E-state index contributed by atoms with van der Waals surface area (Å²) >= 11 is 9.78. The highest BCUT2D eigenvalue weighted by Gasteiger charge is 2.10. The summed E-state index contributed by atoms with van der Waals surface area (Å²) in [6.07, 6.45) is 0.911. The van der Waals surface area contributed by atoms with Crippen molar-refractivity contribution in [1.82, 2.24) is 0 Å². The third kappa shape index (κ3) is 2.58. The Morgan fingerprint density at radius 1 is 1.22 bits per heavy atom. The summed E-state index contributed by atoms with van der Waals surface area (Å²) in [7, 11) is 0. The molecular weight excluding hydrogens is 310 g/mol. The molecule has 90 valence electrons. The smallest absolute Gasteiger partial charge is 0.0991 e. The molecule has 0 atom stereocenters. The van der Waals surface area contributed by atoms with E-state index in [1.807, 2.05) is 30.3 Å². The van der Waals surface area contributed by atoms with E-state index < -0.39 is 0 Å². The fourth-order valence-electron chi connectivity index (χ4n) is 1.94. The van der Waals surface area contributed by atoms with Gasteiger partial charge in [-0.3, -0.25) is 0 Å². The van der Waals surface area contributed by atoms with Crippen molar-refractivity contribution in [3.8, 4) is 17.2 Å². The van der Waals surface area contributed by atoms with Crippen LogP contribution in [-0.2, 0) is 6.42 Å². The maximum absolute atomic E-state index is 8.81. The van der Waals surface area contributed by atoms with E-state index in [0.717, 1.165) is 27.0 Å². The van der Waals surface area contributed by atoms with Gasteiger partial charge in [-0.15, -0.1) is 0 Å². The molecule has 0 saturated carbocycles. The van der Waals surface area contributed by atoms with E-state index in [2.05, 4.69) is 35.0 Å². The van der Waals surface area contributed by atoms with Crippen LogP contribution in [-0.4, -0.2) is 0 Å². The number of halogens is 2. The maximum atomic E-state index is 8.81. The molecule has 0 amide bonds. The number of rotatable bonds is 2. The zero-order valence-corrected chi connectivity index (χ0v) is 12.2. The summed E-state index contributed by atoms with van der Waals surface area (Å²) in [5.41, 5.74) is 3.94. The summed E-state index contributed by atoms with van der Waals surface area (Å²) in [6, 6.07) is 13.6. The molecule has 18 heavy (non-hydrogen) atoms. The van der Waals surface area contributed by atoms with E-state index in [1.54, 1.807) is 0 Å². The van der Waals surface area contributed by atoms with Crippen molar-refractivity contribution < 1.29 is 0 Å². The molecule has 2 aromatic rings. The molecule has 0 unspecified atom stereocenters. The van der Waals surface area contributed by atoms with Gasteiger partial charge in [0, 0.05) is 15.1 Å². The van der Waals surface area contributed by atoms with Crippen molar-refractivity contribution in [3.63, 3.8) is 0 Å². The van der Waals surface area contributed by atoms with E-state index in [9.17, 15) is 0 Å². The van der Waals surface area contributed by atoms with Crippen LogP contribution in [0.4, 0.5) is 0 Å². The minimum atomic E-state index is 0.657. The Labute approximate surface area is 120 Å². The standard InChI is InChI=1S/C15H11BrClN/c1-2-11-7-13(16)8-14(17)15(11)12-5-3-10(9-18)4-6-12/h3-8H,2H2,1H3. The summed E-state index contributed by atoms with van der Waals surface area (Å²) in [5, 5.41) is 9.54. The van der Waals surface area contributed by atoms with Gasteiger partial charge in [-0.05, 0) is 41.8 Å². The minimum absolute atomic E-state index is 0.657. The second-order valence-corrected chi connectivity index (χ2v) is 5.29. The molecule has 0 radical (unpaired) electrons. The molecule has 0 heterocycles. The summed E-state index contributed by atoms with van der Waals surface area (Å²) in [5.74, 6) is 0. The Hall–Kier alpha value is -1.30. The average molecular weight is 321 g/mol. The van der Waals surface area contributed by atoms with Crippen LogP contribution in [0.1, 0.15) is 18.1 Å². The number of nitriles is 1. The SMILES string of the molecule is CCc1cc(Br)cc(Cl)c1-c1ccc(C#N)cc1. The molecule has 0 saturated heterocycles. The van der Waals surface area contributed by atoms with Crippen LogP contribution in [0.2, 0.25) is 5.02 Å². The highest BCUT2D eigenvalue weighted by Crippen LogP contribution is 2.34. The van der Waals surface area contributed by atoms with Crippen LogP contribution in [0.25, 0.3) is 11.1 Å². The van der Waals surface area contributed by atoms with E-state index >= 15 is 0 Å². The van der Waals surface area contributed by atoms with Crippen LogP contribution in [0, 0.1) is 11.3 Å². The largest absolute Gasteiger partial charge is 0.192 e. The molecule has 2 aromatic carbocycles. The van der Waals surface area contributed by atoms with Crippen LogP contribution < -0.4 is 0 Å². The highest BCUT2D eigenvalue weighted by atomic mass is 79.9. The Morgan fingerprint density at radius 2 is 1.89 bits per heavy atom. The molecule has 2 rings (SSSR count).